The van der Waals surface area contributed by atoms with Crippen LogP contribution in [0.5, 0.6) is 5.75 Å². The van der Waals surface area contributed by atoms with Gasteiger partial charge in [-0.1, -0.05) is 19.9 Å². The minimum absolute atomic E-state index is 0.0587. The Bertz CT molecular complexity index is 921. The molecule has 1 aromatic carbocycles. The first-order valence-electron chi connectivity index (χ1n) is 10.1. The van der Waals surface area contributed by atoms with E-state index in [4.69, 9.17) is 4.74 Å². The Morgan fingerprint density at radius 3 is 2.40 bits per heavy atom. The molecule has 0 bridgehead atoms. The zero-order chi connectivity index (χ0) is 21.7. The van der Waals surface area contributed by atoms with Crippen molar-refractivity contribution in [3.63, 3.8) is 0 Å². The van der Waals surface area contributed by atoms with E-state index in [1.54, 1.807) is 55.8 Å². The molecule has 1 atom stereocenters. The van der Waals surface area contributed by atoms with Crippen LogP contribution >= 0.6 is 0 Å². The molecule has 1 saturated heterocycles. The maximum Gasteiger partial charge on any atom is 0.295 e. The number of methoxy groups -OCH3 is 1. The highest BCUT2D eigenvalue weighted by Gasteiger charge is 2.46. The molecule has 2 heterocycles. The number of Topliss-reactive ketones (excluding diaryl/α,β-unsaturated/α-hetero) is 1. The average Bonchev–Trinajstić information content (AvgIpc) is 3.05. The number of amides is 1. The van der Waals surface area contributed by atoms with Crippen LogP contribution < -0.4 is 4.74 Å². The monoisotopic (exact) mass is 409 g/mol. The summed E-state index contributed by atoms with van der Waals surface area (Å²) < 4.78 is 5.15. The summed E-state index contributed by atoms with van der Waals surface area (Å²) in [4.78, 5) is 33.9. The molecule has 1 aliphatic rings. The number of carbonyl (C=O) groups is 2. The van der Waals surface area contributed by atoms with Gasteiger partial charge in [-0.25, -0.2) is 0 Å². The molecule has 0 saturated carbocycles. The fourth-order valence-corrected chi connectivity index (χ4v) is 3.65. The van der Waals surface area contributed by atoms with Crippen LogP contribution in [0.2, 0.25) is 0 Å². The lowest BCUT2D eigenvalue weighted by molar-refractivity contribution is -0.140. The summed E-state index contributed by atoms with van der Waals surface area (Å²) in [7, 11) is 1.55. The molecule has 0 radical (unpaired) electrons. The number of carbonyl (C=O) groups excluding carboxylic acids is 2. The van der Waals surface area contributed by atoms with Crippen molar-refractivity contribution in [1.82, 2.24) is 14.8 Å². The molecule has 7 nitrogen and oxygen atoms in total. The van der Waals surface area contributed by atoms with Crippen molar-refractivity contribution in [2.24, 2.45) is 0 Å². The van der Waals surface area contributed by atoms with Crippen LogP contribution in [0.25, 0.3) is 5.76 Å². The standard InChI is InChI=1S/C23H27N3O4/c1-4-25(5-2)14-15-26-20(18-8-6-7-13-24-18)19(22(28)23(26)29)21(27)16-9-11-17(30-3)12-10-16/h6-13,20,27H,4-5,14-15H2,1-3H3/b21-19+. The second kappa shape index (κ2) is 9.54. The Kier molecular flexibility index (Phi) is 6.84. The number of ether oxygens (including phenoxy) is 1. The molecule has 1 N–H and O–H groups in total. The lowest BCUT2D eigenvalue weighted by Gasteiger charge is -2.27. The van der Waals surface area contributed by atoms with E-state index in [1.807, 2.05) is 0 Å². The van der Waals surface area contributed by atoms with E-state index in [9.17, 15) is 14.7 Å². The third-order valence-electron chi connectivity index (χ3n) is 5.42. The first-order valence-corrected chi connectivity index (χ1v) is 10.1. The van der Waals surface area contributed by atoms with Crippen LogP contribution in [0.3, 0.4) is 0 Å². The number of hydrogen-bond donors (Lipinski definition) is 1. The molecule has 1 unspecified atom stereocenters. The molecule has 3 rings (SSSR count). The molecule has 7 heteroatoms. The number of nitrogens with zero attached hydrogens (tertiary/aromatic N) is 3. The normalized spacial score (nSPS) is 18.3. The summed E-state index contributed by atoms with van der Waals surface area (Å²) in [6.07, 6.45) is 1.62. The molecule has 2 aromatic rings. The molecule has 1 aliphatic heterocycles. The van der Waals surface area contributed by atoms with Crippen molar-refractivity contribution in [2.75, 3.05) is 33.3 Å². The number of benzene rings is 1. The Balaban J connectivity index is 2.05. The number of pyridine rings is 1. The quantitative estimate of drug-likeness (QED) is 0.410. The summed E-state index contributed by atoms with van der Waals surface area (Å²) >= 11 is 0. The summed E-state index contributed by atoms with van der Waals surface area (Å²) in [5.41, 5.74) is 1.05. The van der Waals surface area contributed by atoms with Gasteiger partial charge >= 0.3 is 0 Å². The van der Waals surface area contributed by atoms with Gasteiger partial charge in [-0.15, -0.1) is 0 Å². The molecule has 1 fully saturated rings. The maximum atomic E-state index is 12.9. The number of rotatable bonds is 8. The molecule has 0 spiro atoms. The van der Waals surface area contributed by atoms with Crippen molar-refractivity contribution in [1.29, 1.82) is 0 Å². The van der Waals surface area contributed by atoms with Gasteiger partial charge in [0.2, 0.25) is 0 Å². The van der Waals surface area contributed by atoms with E-state index in [0.717, 1.165) is 13.1 Å². The highest BCUT2D eigenvalue weighted by Crippen LogP contribution is 2.38. The average molecular weight is 409 g/mol. The van der Waals surface area contributed by atoms with Gasteiger partial charge in [0.05, 0.1) is 18.4 Å². The number of aromatic nitrogens is 1. The first-order chi connectivity index (χ1) is 14.5. The van der Waals surface area contributed by atoms with Crippen LogP contribution in [0.1, 0.15) is 31.1 Å². The summed E-state index contributed by atoms with van der Waals surface area (Å²) in [6, 6.07) is 11.3. The van der Waals surface area contributed by atoms with E-state index in [2.05, 4.69) is 23.7 Å². The van der Waals surface area contributed by atoms with Crippen molar-refractivity contribution < 1.29 is 19.4 Å². The zero-order valence-corrected chi connectivity index (χ0v) is 17.5. The van der Waals surface area contributed by atoms with Gasteiger partial charge in [0, 0.05) is 24.8 Å². The minimum atomic E-state index is -0.733. The number of aliphatic hydroxyl groups is 1. The van der Waals surface area contributed by atoms with Crippen LogP contribution in [0, 0.1) is 0 Å². The number of ketones is 1. The van der Waals surface area contributed by atoms with Crippen molar-refractivity contribution >= 4 is 17.4 Å². The number of likely N-dealkylation sites (N-methyl/N-ethyl adjacent to an activating group) is 1. The minimum Gasteiger partial charge on any atom is -0.507 e. The Morgan fingerprint density at radius 1 is 1.13 bits per heavy atom. The molecule has 30 heavy (non-hydrogen) atoms. The van der Waals surface area contributed by atoms with E-state index in [-0.39, 0.29) is 11.3 Å². The SMILES string of the molecule is CCN(CC)CCN1C(=O)C(=O)/C(=C(/O)c2ccc(OC)cc2)C1c1ccccn1. The Labute approximate surface area is 176 Å². The van der Waals surface area contributed by atoms with Crippen LogP contribution in [-0.4, -0.2) is 64.9 Å². The Hall–Kier alpha value is -3.19. The summed E-state index contributed by atoms with van der Waals surface area (Å²) in [5.74, 6) is -0.893. The van der Waals surface area contributed by atoms with Gasteiger partial charge in [0.1, 0.15) is 17.6 Å². The van der Waals surface area contributed by atoms with Gasteiger partial charge in [0.15, 0.2) is 0 Å². The van der Waals surface area contributed by atoms with Gasteiger partial charge in [-0.05, 0) is 49.5 Å². The largest absolute Gasteiger partial charge is 0.507 e. The molecule has 0 aliphatic carbocycles. The van der Waals surface area contributed by atoms with Crippen molar-refractivity contribution in [2.45, 2.75) is 19.9 Å². The van der Waals surface area contributed by atoms with Gasteiger partial charge in [-0.2, -0.15) is 0 Å². The fraction of sp³-hybridized carbons (Fsp3) is 0.348. The third-order valence-corrected chi connectivity index (χ3v) is 5.42. The van der Waals surface area contributed by atoms with Crippen LogP contribution in [-0.2, 0) is 9.59 Å². The summed E-state index contributed by atoms with van der Waals surface area (Å²) in [5, 5.41) is 11.0. The van der Waals surface area contributed by atoms with Gasteiger partial charge in [0.25, 0.3) is 11.7 Å². The molecule has 1 aromatic heterocycles. The maximum absolute atomic E-state index is 12.9. The predicted molar refractivity (Wildman–Crippen MR) is 114 cm³/mol. The van der Waals surface area contributed by atoms with Crippen molar-refractivity contribution in [3.05, 3.63) is 65.5 Å². The molecular formula is C23H27N3O4. The van der Waals surface area contributed by atoms with E-state index in [0.29, 0.717) is 30.1 Å². The van der Waals surface area contributed by atoms with E-state index in [1.165, 1.54) is 4.90 Å². The zero-order valence-electron chi connectivity index (χ0n) is 17.5. The van der Waals surface area contributed by atoms with E-state index < -0.39 is 17.7 Å². The first kappa shape index (κ1) is 21.5. The van der Waals surface area contributed by atoms with Crippen LogP contribution in [0.4, 0.5) is 0 Å². The number of hydrogen-bond acceptors (Lipinski definition) is 6. The van der Waals surface area contributed by atoms with Crippen molar-refractivity contribution in [3.8, 4) is 5.75 Å². The fourth-order valence-electron chi connectivity index (χ4n) is 3.65. The Morgan fingerprint density at radius 2 is 1.83 bits per heavy atom. The van der Waals surface area contributed by atoms with E-state index >= 15 is 0 Å². The lowest BCUT2D eigenvalue weighted by atomic mass is 9.98. The van der Waals surface area contributed by atoms with Crippen LogP contribution in [0.15, 0.2) is 54.2 Å². The lowest BCUT2D eigenvalue weighted by Crippen LogP contribution is -2.38. The topological polar surface area (TPSA) is 83.0 Å². The third kappa shape index (κ3) is 4.21. The number of aliphatic hydroxyl groups excluding tert-OH is 1. The predicted octanol–water partition coefficient (Wildman–Crippen LogP) is 2.85. The smallest absolute Gasteiger partial charge is 0.295 e. The highest BCUT2D eigenvalue weighted by molar-refractivity contribution is 6.46. The second-order valence-electron chi connectivity index (χ2n) is 7.00. The molecular weight excluding hydrogens is 382 g/mol. The molecule has 1 amide bonds. The second-order valence-corrected chi connectivity index (χ2v) is 7.00. The number of likely N-dealkylation sites (tertiary alicyclic amines) is 1. The highest BCUT2D eigenvalue weighted by atomic mass is 16.5. The summed E-state index contributed by atoms with van der Waals surface area (Å²) in [6.45, 7) is 6.80. The van der Waals surface area contributed by atoms with Gasteiger partial charge in [-0.3, -0.25) is 14.6 Å². The molecule has 158 valence electrons. The van der Waals surface area contributed by atoms with Gasteiger partial charge < -0.3 is 19.6 Å².